The van der Waals surface area contributed by atoms with Crippen LogP contribution in [0.4, 0.5) is 0 Å². The third-order valence-corrected chi connectivity index (χ3v) is 2.15. The van der Waals surface area contributed by atoms with Crippen LogP contribution >= 0.6 is 0 Å². The van der Waals surface area contributed by atoms with Crippen LogP contribution in [-0.4, -0.2) is 28.7 Å². The second-order valence-corrected chi connectivity index (χ2v) is 3.47. The fourth-order valence-corrected chi connectivity index (χ4v) is 1.21. The Morgan fingerprint density at radius 3 is 2.93 bits per heavy atom. The lowest BCUT2D eigenvalue weighted by Crippen LogP contribution is -2.28. The standard InChI is InChI=1S/C9H10N2O4/c12-8(13)4-10-9(14)7-3-6(11-15-7)5-1-2-5/h3,5H,1-2,4H2,(H,10,14)(H,12,13). The summed E-state index contributed by atoms with van der Waals surface area (Å²) in [7, 11) is 0. The van der Waals surface area contributed by atoms with E-state index >= 15 is 0 Å². The van der Waals surface area contributed by atoms with Crippen molar-refractivity contribution in [2.75, 3.05) is 6.54 Å². The molecule has 1 aromatic heterocycles. The van der Waals surface area contributed by atoms with Gasteiger partial charge in [0.25, 0.3) is 5.91 Å². The number of aromatic nitrogens is 1. The average molecular weight is 210 g/mol. The SMILES string of the molecule is O=C(O)CNC(=O)c1cc(C2CC2)no1. The molecule has 2 N–H and O–H groups in total. The van der Waals surface area contributed by atoms with Crippen LogP contribution in [-0.2, 0) is 4.79 Å². The van der Waals surface area contributed by atoms with Gasteiger partial charge in [0.05, 0.1) is 5.69 Å². The zero-order chi connectivity index (χ0) is 10.8. The largest absolute Gasteiger partial charge is 0.480 e. The number of rotatable bonds is 4. The maximum absolute atomic E-state index is 11.3. The minimum Gasteiger partial charge on any atom is -0.480 e. The molecule has 1 aromatic rings. The summed E-state index contributed by atoms with van der Waals surface area (Å²) in [4.78, 5) is 21.5. The van der Waals surface area contributed by atoms with Crippen LogP contribution in [0, 0.1) is 0 Å². The molecule has 1 amide bonds. The van der Waals surface area contributed by atoms with E-state index in [9.17, 15) is 9.59 Å². The van der Waals surface area contributed by atoms with E-state index in [0.29, 0.717) is 5.92 Å². The van der Waals surface area contributed by atoms with Crippen molar-refractivity contribution in [3.63, 3.8) is 0 Å². The third kappa shape index (κ3) is 2.34. The van der Waals surface area contributed by atoms with Crippen LogP contribution in [0.1, 0.15) is 35.0 Å². The molecular formula is C9H10N2O4. The van der Waals surface area contributed by atoms with Gasteiger partial charge in [0, 0.05) is 12.0 Å². The monoisotopic (exact) mass is 210 g/mol. The number of hydrogen-bond acceptors (Lipinski definition) is 4. The van der Waals surface area contributed by atoms with Crippen molar-refractivity contribution in [2.24, 2.45) is 0 Å². The molecule has 0 saturated heterocycles. The van der Waals surface area contributed by atoms with E-state index in [4.69, 9.17) is 9.63 Å². The van der Waals surface area contributed by atoms with Crippen molar-refractivity contribution >= 4 is 11.9 Å². The molecule has 0 atom stereocenters. The van der Waals surface area contributed by atoms with Gasteiger partial charge in [0.15, 0.2) is 0 Å². The zero-order valence-corrected chi connectivity index (χ0v) is 7.90. The molecule has 0 aromatic carbocycles. The topological polar surface area (TPSA) is 92.4 Å². The number of nitrogens with zero attached hydrogens (tertiary/aromatic N) is 1. The van der Waals surface area contributed by atoms with E-state index in [1.807, 2.05) is 0 Å². The predicted molar refractivity (Wildman–Crippen MR) is 48.4 cm³/mol. The Bertz CT molecular complexity index is 395. The summed E-state index contributed by atoms with van der Waals surface area (Å²) in [6.45, 7) is -0.418. The second kappa shape index (κ2) is 3.72. The van der Waals surface area contributed by atoms with E-state index in [-0.39, 0.29) is 5.76 Å². The fourth-order valence-electron chi connectivity index (χ4n) is 1.21. The average Bonchev–Trinajstić information content (AvgIpc) is 2.93. The molecule has 0 unspecified atom stereocenters. The minimum atomic E-state index is -1.09. The van der Waals surface area contributed by atoms with Gasteiger partial charge in [-0.05, 0) is 12.8 Å². The highest BCUT2D eigenvalue weighted by molar-refractivity contribution is 5.93. The summed E-state index contributed by atoms with van der Waals surface area (Å²) in [5, 5.41) is 14.3. The first-order chi connectivity index (χ1) is 7.16. The summed E-state index contributed by atoms with van der Waals surface area (Å²) >= 11 is 0. The molecule has 0 bridgehead atoms. The predicted octanol–water partition coefficient (Wildman–Crippen LogP) is 0.366. The smallest absolute Gasteiger partial charge is 0.322 e. The summed E-state index contributed by atoms with van der Waals surface area (Å²) in [5.41, 5.74) is 0.774. The van der Waals surface area contributed by atoms with Crippen LogP contribution in [0.2, 0.25) is 0 Å². The van der Waals surface area contributed by atoms with Crippen LogP contribution in [0.5, 0.6) is 0 Å². The highest BCUT2D eigenvalue weighted by atomic mass is 16.5. The van der Waals surface area contributed by atoms with Crippen LogP contribution in [0.3, 0.4) is 0 Å². The molecule has 0 spiro atoms. The Kier molecular flexibility index (Phi) is 2.40. The quantitative estimate of drug-likeness (QED) is 0.748. The molecule has 6 nitrogen and oxygen atoms in total. The van der Waals surface area contributed by atoms with Crippen molar-refractivity contribution in [3.05, 3.63) is 17.5 Å². The third-order valence-electron chi connectivity index (χ3n) is 2.15. The van der Waals surface area contributed by atoms with E-state index in [1.54, 1.807) is 6.07 Å². The Labute approximate surface area is 85.2 Å². The highest BCUT2D eigenvalue weighted by Crippen LogP contribution is 2.39. The molecular weight excluding hydrogens is 200 g/mol. The molecule has 15 heavy (non-hydrogen) atoms. The van der Waals surface area contributed by atoms with Gasteiger partial charge in [-0.2, -0.15) is 0 Å². The first kappa shape index (κ1) is 9.70. The number of carboxylic acids is 1. The zero-order valence-electron chi connectivity index (χ0n) is 7.90. The van der Waals surface area contributed by atoms with Crippen molar-refractivity contribution in [3.8, 4) is 0 Å². The molecule has 1 aliphatic rings. The Morgan fingerprint density at radius 1 is 1.60 bits per heavy atom. The summed E-state index contributed by atoms with van der Waals surface area (Å²) in [5.74, 6) is -1.16. The second-order valence-electron chi connectivity index (χ2n) is 3.47. The number of carbonyl (C=O) groups is 2. The minimum absolute atomic E-state index is 0.0677. The summed E-state index contributed by atoms with van der Waals surface area (Å²) in [6.07, 6.45) is 2.14. The molecule has 1 fully saturated rings. The lowest BCUT2D eigenvalue weighted by molar-refractivity contribution is -0.135. The maximum Gasteiger partial charge on any atom is 0.322 e. The Hall–Kier alpha value is -1.85. The molecule has 6 heteroatoms. The number of nitrogens with one attached hydrogen (secondary N) is 1. The molecule has 0 aliphatic heterocycles. The van der Waals surface area contributed by atoms with E-state index in [0.717, 1.165) is 18.5 Å². The molecule has 0 radical (unpaired) electrons. The molecule has 1 heterocycles. The normalized spacial score (nSPS) is 14.9. The highest BCUT2D eigenvalue weighted by Gasteiger charge is 2.28. The van der Waals surface area contributed by atoms with Gasteiger partial charge in [-0.3, -0.25) is 9.59 Å². The first-order valence-electron chi connectivity index (χ1n) is 4.63. The van der Waals surface area contributed by atoms with Crippen LogP contribution < -0.4 is 5.32 Å². The first-order valence-corrected chi connectivity index (χ1v) is 4.63. The van der Waals surface area contributed by atoms with E-state index in [2.05, 4.69) is 10.5 Å². The van der Waals surface area contributed by atoms with Gasteiger partial charge in [0.2, 0.25) is 5.76 Å². The lowest BCUT2D eigenvalue weighted by atomic mass is 10.2. The van der Waals surface area contributed by atoms with Gasteiger partial charge in [-0.15, -0.1) is 0 Å². The van der Waals surface area contributed by atoms with Crippen molar-refractivity contribution in [1.82, 2.24) is 10.5 Å². The fraction of sp³-hybridized carbons (Fsp3) is 0.444. The van der Waals surface area contributed by atoms with Crippen LogP contribution in [0.15, 0.2) is 10.6 Å². The number of hydrogen-bond donors (Lipinski definition) is 2. The Morgan fingerprint density at radius 2 is 2.33 bits per heavy atom. The van der Waals surface area contributed by atoms with Crippen LogP contribution in [0.25, 0.3) is 0 Å². The molecule has 80 valence electrons. The van der Waals surface area contributed by atoms with Gasteiger partial charge in [0.1, 0.15) is 6.54 Å². The summed E-state index contributed by atoms with van der Waals surface area (Å²) < 4.78 is 4.81. The molecule has 1 aliphatic carbocycles. The van der Waals surface area contributed by atoms with E-state index < -0.39 is 18.4 Å². The van der Waals surface area contributed by atoms with Crippen molar-refractivity contribution in [2.45, 2.75) is 18.8 Å². The van der Waals surface area contributed by atoms with Gasteiger partial charge < -0.3 is 14.9 Å². The van der Waals surface area contributed by atoms with Gasteiger partial charge in [-0.25, -0.2) is 0 Å². The molecule has 1 saturated carbocycles. The number of amides is 1. The molecule has 2 rings (SSSR count). The number of carboxylic acid groups (broad SMARTS) is 1. The number of carbonyl (C=O) groups excluding carboxylic acids is 1. The Balaban J connectivity index is 1.95. The van der Waals surface area contributed by atoms with Crippen molar-refractivity contribution < 1.29 is 19.2 Å². The number of aliphatic carboxylic acids is 1. The van der Waals surface area contributed by atoms with E-state index in [1.165, 1.54) is 0 Å². The van der Waals surface area contributed by atoms with Gasteiger partial charge >= 0.3 is 5.97 Å². The lowest BCUT2D eigenvalue weighted by Gasteiger charge is -1.96. The van der Waals surface area contributed by atoms with Crippen molar-refractivity contribution in [1.29, 1.82) is 0 Å². The van der Waals surface area contributed by atoms with Gasteiger partial charge in [-0.1, -0.05) is 5.16 Å². The summed E-state index contributed by atoms with van der Waals surface area (Å²) in [6, 6.07) is 1.56. The maximum atomic E-state index is 11.3.